The molecule has 2 aromatic carbocycles. The third-order valence-electron chi connectivity index (χ3n) is 9.00. The topological polar surface area (TPSA) is 84.4 Å². The van der Waals surface area contributed by atoms with E-state index in [-0.39, 0.29) is 36.9 Å². The Hall–Kier alpha value is -4.04. The molecule has 2 aliphatic rings. The summed E-state index contributed by atoms with van der Waals surface area (Å²) in [4.78, 5) is 43.1. The minimum Gasteiger partial charge on any atom is -0.465 e. The van der Waals surface area contributed by atoms with Gasteiger partial charge in [-0.25, -0.2) is 14.0 Å². The largest absolute Gasteiger partial charge is 0.465 e. The van der Waals surface area contributed by atoms with E-state index in [1.165, 1.54) is 48.2 Å². The number of alkyl halides is 6. The summed E-state index contributed by atoms with van der Waals surface area (Å²) in [6.07, 6.45) is -8.87. The maximum absolute atomic E-state index is 13.8. The predicted molar refractivity (Wildman–Crippen MR) is 154 cm³/mol. The molecule has 0 spiro atoms. The van der Waals surface area contributed by atoms with Crippen molar-refractivity contribution in [3.05, 3.63) is 65.0 Å². The van der Waals surface area contributed by atoms with Gasteiger partial charge in [-0.15, -0.1) is 0 Å². The number of urea groups is 1. The highest BCUT2D eigenvalue weighted by Gasteiger charge is 2.43. The van der Waals surface area contributed by atoms with Crippen molar-refractivity contribution >= 4 is 23.7 Å². The molecular weight excluding hydrogens is 625 g/mol. The number of benzene rings is 2. The first-order valence-electron chi connectivity index (χ1n) is 14.6. The van der Waals surface area contributed by atoms with Crippen LogP contribution in [0.15, 0.2) is 42.5 Å². The summed E-state index contributed by atoms with van der Waals surface area (Å²) in [5, 5.41) is 9.15. The molecule has 1 N–H and O–H groups in total. The lowest BCUT2D eigenvalue weighted by Crippen LogP contribution is -2.48. The molecule has 4 amide bonds. The van der Waals surface area contributed by atoms with Gasteiger partial charge in [0.15, 0.2) is 0 Å². The first-order chi connectivity index (χ1) is 21.4. The number of amides is 4. The highest BCUT2D eigenvalue weighted by Crippen LogP contribution is 2.40. The molecule has 15 heteroatoms. The van der Waals surface area contributed by atoms with Gasteiger partial charge in [0.05, 0.1) is 17.2 Å². The second kappa shape index (κ2) is 13.4. The Morgan fingerprint density at radius 2 is 1.39 bits per heavy atom. The van der Waals surface area contributed by atoms with E-state index >= 15 is 0 Å². The number of rotatable bonds is 6. The van der Waals surface area contributed by atoms with Gasteiger partial charge in [-0.2, -0.15) is 26.3 Å². The van der Waals surface area contributed by atoms with E-state index in [1.54, 1.807) is 4.90 Å². The Morgan fingerprint density at radius 3 is 1.89 bits per heavy atom. The maximum Gasteiger partial charge on any atom is 0.416 e. The number of nitrogens with zero attached hydrogens (tertiary/aromatic N) is 4. The number of carboxylic acid groups (broad SMARTS) is 1. The summed E-state index contributed by atoms with van der Waals surface area (Å²) in [7, 11) is 3.91. The van der Waals surface area contributed by atoms with Crippen LogP contribution in [-0.4, -0.2) is 84.7 Å². The Bertz CT molecular complexity index is 1390. The maximum atomic E-state index is 13.8. The van der Waals surface area contributed by atoms with E-state index in [4.69, 9.17) is 5.11 Å². The van der Waals surface area contributed by atoms with Crippen molar-refractivity contribution in [1.82, 2.24) is 14.7 Å². The summed E-state index contributed by atoms with van der Waals surface area (Å²) in [6, 6.07) is 4.74. The van der Waals surface area contributed by atoms with E-state index in [9.17, 15) is 45.1 Å². The van der Waals surface area contributed by atoms with Gasteiger partial charge in [0.1, 0.15) is 5.82 Å². The summed E-state index contributed by atoms with van der Waals surface area (Å²) in [6.45, 7) is 0.542. The molecule has 1 aliphatic carbocycles. The first kappa shape index (κ1) is 34.8. The Kier molecular flexibility index (Phi) is 10.1. The summed E-state index contributed by atoms with van der Waals surface area (Å²) in [5.74, 6) is -1.43. The van der Waals surface area contributed by atoms with Gasteiger partial charge >= 0.3 is 24.5 Å². The molecule has 2 aromatic rings. The van der Waals surface area contributed by atoms with Crippen molar-refractivity contribution < 1.29 is 50.2 Å². The quantitative estimate of drug-likeness (QED) is 0.347. The monoisotopic (exact) mass is 660 g/mol. The molecule has 252 valence electrons. The number of likely N-dealkylation sites (tertiary alicyclic amines) is 1. The van der Waals surface area contributed by atoms with Crippen LogP contribution in [0.4, 0.5) is 46.0 Å². The number of carbonyl (C=O) groups excluding carboxylic acids is 2. The lowest BCUT2D eigenvalue weighted by molar-refractivity contribution is -0.143. The van der Waals surface area contributed by atoms with Gasteiger partial charge in [0, 0.05) is 58.3 Å². The summed E-state index contributed by atoms with van der Waals surface area (Å²) >= 11 is 0. The Balaban J connectivity index is 1.56. The van der Waals surface area contributed by atoms with Crippen LogP contribution in [0.2, 0.25) is 0 Å². The predicted octanol–water partition coefficient (Wildman–Crippen LogP) is 6.76. The fourth-order valence-corrected chi connectivity index (χ4v) is 6.33. The van der Waals surface area contributed by atoms with Gasteiger partial charge in [-0.05, 0) is 67.5 Å². The van der Waals surface area contributed by atoms with E-state index in [2.05, 4.69) is 0 Å². The van der Waals surface area contributed by atoms with Gasteiger partial charge in [0.25, 0.3) is 0 Å². The molecule has 1 saturated heterocycles. The van der Waals surface area contributed by atoms with Crippen molar-refractivity contribution in [1.29, 1.82) is 0 Å². The third kappa shape index (κ3) is 7.84. The average Bonchev–Trinajstić information content (AvgIpc) is 3.44. The molecule has 1 aliphatic heterocycles. The first-order valence-corrected chi connectivity index (χ1v) is 14.6. The van der Waals surface area contributed by atoms with E-state index in [0.29, 0.717) is 54.8 Å². The van der Waals surface area contributed by atoms with Crippen LogP contribution in [0.5, 0.6) is 0 Å². The third-order valence-corrected chi connectivity index (χ3v) is 9.00. The van der Waals surface area contributed by atoms with Crippen LogP contribution < -0.4 is 4.90 Å². The highest BCUT2D eigenvalue weighted by atomic mass is 19.4. The van der Waals surface area contributed by atoms with E-state index in [1.807, 2.05) is 0 Å². The SMILES string of the molecule is CN(CC1CCC(C(=O)N2C[C@@H](N(C)C(=O)N(C)c3cc(C(F)(F)F)cc(C(F)(F)F)c3)[C@H](c3ccc(F)cc3)C2)CC1)C(=O)O. The molecule has 1 saturated carbocycles. The van der Waals surface area contributed by atoms with Gasteiger partial charge in [-0.1, -0.05) is 12.1 Å². The summed E-state index contributed by atoms with van der Waals surface area (Å²) in [5.41, 5.74) is -3.15. The highest BCUT2D eigenvalue weighted by molar-refractivity contribution is 5.92. The lowest BCUT2D eigenvalue weighted by atomic mass is 9.81. The van der Waals surface area contributed by atoms with Crippen LogP contribution in [0.1, 0.15) is 48.3 Å². The zero-order valence-electron chi connectivity index (χ0n) is 25.4. The normalized spacial score (nSPS) is 22.0. The molecule has 0 radical (unpaired) electrons. The number of hydrogen-bond donors (Lipinski definition) is 1. The number of hydrogen-bond acceptors (Lipinski definition) is 3. The van der Waals surface area contributed by atoms with Crippen molar-refractivity contribution in [2.75, 3.05) is 45.7 Å². The number of carbonyl (C=O) groups is 3. The van der Waals surface area contributed by atoms with Crippen molar-refractivity contribution in [2.45, 2.75) is 50.0 Å². The van der Waals surface area contributed by atoms with Crippen LogP contribution in [0.25, 0.3) is 0 Å². The average molecular weight is 661 g/mol. The van der Waals surface area contributed by atoms with E-state index in [0.717, 1.165) is 7.05 Å². The zero-order valence-corrected chi connectivity index (χ0v) is 25.4. The van der Waals surface area contributed by atoms with Crippen molar-refractivity contribution in [3.63, 3.8) is 0 Å². The molecule has 4 rings (SSSR count). The molecule has 8 nitrogen and oxygen atoms in total. The van der Waals surface area contributed by atoms with Crippen LogP contribution in [-0.2, 0) is 17.1 Å². The lowest BCUT2D eigenvalue weighted by Gasteiger charge is -2.33. The standard InChI is InChI=1S/C31H35F7N4O4/c1-39(29(45)46)15-18-4-6-20(7-5-18)27(43)42-16-25(19-8-10-23(32)11-9-19)26(17-42)41(3)28(44)40(2)24-13-21(30(33,34)35)12-22(14-24)31(36,37)38/h8-14,18,20,25-26H,4-7,15-17H2,1-3H3,(H,45,46)/t18?,20?,25-,26+/m0/s1. The van der Waals surface area contributed by atoms with E-state index < -0.39 is 59.1 Å². The van der Waals surface area contributed by atoms with Crippen LogP contribution >= 0.6 is 0 Å². The Labute approximate surface area is 261 Å². The smallest absolute Gasteiger partial charge is 0.416 e. The van der Waals surface area contributed by atoms with Gasteiger partial charge < -0.3 is 19.8 Å². The van der Waals surface area contributed by atoms with Crippen LogP contribution in [0.3, 0.4) is 0 Å². The number of halogens is 7. The number of anilines is 1. The second-order valence-electron chi connectivity index (χ2n) is 12.1. The molecule has 2 fully saturated rings. The molecule has 46 heavy (non-hydrogen) atoms. The van der Waals surface area contributed by atoms with Crippen LogP contribution in [0, 0.1) is 17.7 Å². The minimum absolute atomic E-state index is 0.0194. The second-order valence-corrected chi connectivity index (χ2v) is 12.1. The van der Waals surface area contributed by atoms with Gasteiger partial charge in [0.2, 0.25) is 5.91 Å². The van der Waals surface area contributed by atoms with Gasteiger partial charge in [-0.3, -0.25) is 9.69 Å². The molecule has 2 atom stereocenters. The molecule has 1 heterocycles. The summed E-state index contributed by atoms with van der Waals surface area (Å²) < 4.78 is 94.6. The number of likely N-dealkylation sites (N-methyl/N-ethyl adjacent to an activating group) is 1. The molecular formula is C31H35F7N4O4. The molecule has 0 aromatic heterocycles. The van der Waals surface area contributed by atoms with Crippen molar-refractivity contribution in [3.8, 4) is 0 Å². The Morgan fingerprint density at radius 1 is 0.848 bits per heavy atom. The fraction of sp³-hybridized carbons (Fsp3) is 0.516. The van der Waals surface area contributed by atoms with Crippen molar-refractivity contribution in [2.24, 2.45) is 11.8 Å². The molecule has 0 unspecified atom stereocenters. The minimum atomic E-state index is -5.10. The fourth-order valence-electron chi connectivity index (χ4n) is 6.33. The molecule has 0 bridgehead atoms. The zero-order chi connectivity index (χ0) is 34.1.